The van der Waals surface area contributed by atoms with Crippen molar-refractivity contribution in [1.82, 2.24) is 0 Å². The third kappa shape index (κ3) is 7.94. The molecule has 2 aliphatic carbocycles. The molecule has 4 rings (SSSR count). The maximum absolute atomic E-state index is 13.2. The fourth-order valence-corrected chi connectivity index (χ4v) is 6.96. The van der Waals surface area contributed by atoms with E-state index in [-0.39, 0.29) is 30.1 Å². The average molecular weight is 607 g/mol. The molecule has 212 valence electrons. The van der Waals surface area contributed by atoms with Gasteiger partial charge in [0.05, 0.1) is 17.1 Å². The van der Waals surface area contributed by atoms with Gasteiger partial charge in [0.1, 0.15) is 6.61 Å². The molecule has 6 heteroatoms. The molecule has 0 aliphatic heterocycles. The highest BCUT2D eigenvalue weighted by molar-refractivity contribution is 9.12. The van der Waals surface area contributed by atoms with E-state index >= 15 is 0 Å². The molecular weight excluding hydrogens is 566 g/mol. The van der Waals surface area contributed by atoms with Crippen LogP contribution in [0.5, 0.6) is 0 Å². The average Bonchev–Trinajstić information content (AvgIpc) is 3.49. The number of halogens is 1. The standard InChI is InChI=1S/C34H40BrNO4/c1-3-4-11-24(2)34(39)31(35)21-30-29-19-26(18-27(29)20-32(30)37)16-17-40-23-33(38)36(28-14-9-6-10-15-28)22-25-12-7-5-8-13-25/h5-10,12-15,21,24,26-27,29-30,32,37H,11,16-20,22-23H2,1-2H3/t24?,26?,27-,29+,30-,32-/m0/s1. The van der Waals surface area contributed by atoms with Crippen LogP contribution >= 0.6 is 15.9 Å². The largest absolute Gasteiger partial charge is 0.392 e. The van der Waals surface area contributed by atoms with Crippen molar-refractivity contribution in [3.8, 4) is 11.8 Å². The lowest BCUT2D eigenvalue weighted by molar-refractivity contribution is -0.123. The Morgan fingerprint density at radius 3 is 2.50 bits per heavy atom. The zero-order chi connectivity index (χ0) is 28.5. The van der Waals surface area contributed by atoms with Gasteiger partial charge in [-0.25, -0.2) is 0 Å². The molecule has 2 aromatic rings. The fourth-order valence-electron chi connectivity index (χ4n) is 6.26. The summed E-state index contributed by atoms with van der Waals surface area (Å²) < 4.78 is 6.47. The Morgan fingerprint density at radius 1 is 1.10 bits per heavy atom. The van der Waals surface area contributed by atoms with Gasteiger partial charge in [-0.2, -0.15) is 0 Å². The first-order chi connectivity index (χ1) is 19.4. The number of hydrogen-bond acceptors (Lipinski definition) is 4. The number of ether oxygens (including phenoxy) is 1. The van der Waals surface area contributed by atoms with E-state index in [1.807, 2.05) is 73.7 Å². The molecule has 2 aromatic carbocycles. The molecule has 0 saturated heterocycles. The number of ketones is 1. The summed E-state index contributed by atoms with van der Waals surface area (Å²) in [5, 5.41) is 10.8. The first-order valence-electron chi connectivity index (χ1n) is 14.3. The quantitative estimate of drug-likeness (QED) is 0.169. The van der Waals surface area contributed by atoms with Crippen molar-refractivity contribution in [3.63, 3.8) is 0 Å². The van der Waals surface area contributed by atoms with Crippen molar-refractivity contribution in [2.75, 3.05) is 18.1 Å². The molecule has 0 heterocycles. The number of benzene rings is 2. The Bertz CT molecular complexity index is 1220. The van der Waals surface area contributed by atoms with Crippen LogP contribution in [0.4, 0.5) is 5.69 Å². The van der Waals surface area contributed by atoms with Crippen molar-refractivity contribution in [3.05, 3.63) is 76.8 Å². The van der Waals surface area contributed by atoms with E-state index in [0.29, 0.717) is 41.8 Å². The molecule has 40 heavy (non-hydrogen) atoms. The minimum absolute atomic E-state index is 0.0160. The van der Waals surface area contributed by atoms with E-state index in [1.54, 1.807) is 11.8 Å². The molecule has 1 amide bonds. The van der Waals surface area contributed by atoms with Crippen molar-refractivity contribution in [1.29, 1.82) is 0 Å². The smallest absolute Gasteiger partial charge is 0.253 e. The number of Topliss-reactive ketones (excluding diaryl/α,β-unsaturated/α-hetero) is 1. The van der Waals surface area contributed by atoms with E-state index < -0.39 is 6.10 Å². The number of aliphatic hydroxyl groups is 1. The van der Waals surface area contributed by atoms with Gasteiger partial charge in [0.25, 0.3) is 5.91 Å². The van der Waals surface area contributed by atoms with Gasteiger partial charge in [0.2, 0.25) is 0 Å². The van der Waals surface area contributed by atoms with Gasteiger partial charge in [-0.1, -0.05) is 61.5 Å². The van der Waals surface area contributed by atoms with Gasteiger partial charge >= 0.3 is 0 Å². The lowest BCUT2D eigenvalue weighted by atomic mass is 9.89. The maximum atomic E-state index is 13.2. The Hall–Kier alpha value is -2.72. The number of nitrogens with zero attached hydrogens (tertiary/aromatic N) is 1. The SMILES string of the molecule is CC#CCC(C)C(=O)C(Br)=C[C@H]1[C@@H]2CC(CCOCC(=O)N(Cc3ccccc3)c3ccccc3)C[C@H]2C[C@@H]1O. The Kier molecular flexibility index (Phi) is 11.2. The number of carbonyl (C=O) groups is 2. The molecule has 2 saturated carbocycles. The highest BCUT2D eigenvalue weighted by Gasteiger charge is 2.47. The van der Waals surface area contributed by atoms with Crippen molar-refractivity contribution in [2.45, 2.75) is 58.6 Å². The number of rotatable bonds is 12. The predicted octanol–water partition coefficient (Wildman–Crippen LogP) is 6.55. The van der Waals surface area contributed by atoms with Gasteiger partial charge in [-0.3, -0.25) is 9.59 Å². The fraction of sp³-hybridized carbons (Fsp3) is 0.471. The maximum Gasteiger partial charge on any atom is 0.253 e. The molecule has 5 nitrogen and oxygen atoms in total. The van der Waals surface area contributed by atoms with E-state index in [0.717, 1.165) is 36.9 Å². The number of fused-ring (bicyclic) bond motifs is 1. The summed E-state index contributed by atoms with van der Waals surface area (Å²) in [6, 6.07) is 19.7. The van der Waals surface area contributed by atoms with Crippen molar-refractivity contribution in [2.24, 2.45) is 29.6 Å². The molecule has 2 aliphatic rings. The second-order valence-electron chi connectivity index (χ2n) is 11.2. The summed E-state index contributed by atoms with van der Waals surface area (Å²) in [5.74, 6) is 6.96. The predicted molar refractivity (Wildman–Crippen MR) is 163 cm³/mol. The second kappa shape index (κ2) is 14.8. The molecule has 2 unspecified atom stereocenters. The molecule has 0 bridgehead atoms. The van der Waals surface area contributed by atoms with Crippen LogP contribution in [0.1, 0.15) is 51.5 Å². The molecule has 0 spiro atoms. The van der Waals surface area contributed by atoms with Crippen LogP contribution < -0.4 is 4.90 Å². The number of hydrogen-bond donors (Lipinski definition) is 1. The summed E-state index contributed by atoms with van der Waals surface area (Å²) >= 11 is 3.50. The number of para-hydroxylation sites is 1. The van der Waals surface area contributed by atoms with Crippen LogP contribution in [-0.4, -0.2) is 36.1 Å². The third-order valence-corrected chi connectivity index (χ3v) is 9.04. The third-order valence-electron chi connectivity index (χ3n) is 8.39. The first-order valence-corrected chi connectivity index (χ1v) is 15.1. The summed E-state index contributed by atoms with van der Waals surface area (Å²) in [5.41, 5.74) is 1.93. The van der Waals surface area contributed by atoms with Crippen LogP contribution in [0.15, 0.2) is 71.2 Å². The Balaban J connectivity index is 1.27. The lowest BCUT2D eigenvalue weighted by Gasteiger charge is -2.23. The van der Waals surface area contributed by atoms with Crippen LogP contribution in [0.3, 0.4) is 0 Å². The first kappa shape index (κ1) is 30.2. The van der Waals surface area contributed by atoms with Gasteiger partial charge in [-0.05, 0) is 84.0 Å². The van der Waals surface area contributed by atoms with Crippen LogP contribution in [0.25, 0.3) is 0 Å². The van der Waals surface area contributed by atoms with Gasteiger partial charge in [0, 0.05) is 30.6 Å². The van der Waals surface area contributed by atoms with E-state index in [2.05, 4.69) is 27.8 Å². The van der Waals surface area contributed by atoms with E-state index in [1.165, 1.54) is 0 Å². The highest BCUT2D eigenvalue weighted by Crippen LogP contribution is 2.51. The zero-order valence-corrected chi connectivity index (χ0v) is 25.1. The normalized spacial score (nSPS) is 24.6. The zero-order valence-electron chi connectivity index (χ0n) is 23.5. The molecule has 1 N–H and O–H groups in total. The topological polar surface area (TPSA) is 66.8 Å². The lowest BCUT2D eigenvalue weighted by Crippen LogP contribution is -2.33. The van der Waals surface area contributed by atoms with Crippen LogP contribution in [-0.2, 0) is 20.9 Å². The molecule has 0 aromatic heterocycles. The summed E-state index contributed by atoms with van der Waals surface area (Å²) in [6.07, 6.45) is 5.82. The number of anilines is 1. The molecule has 0 radical (unpaired) electrons. The number of aliphatic hydroxyl groups excluding tert-OH is 1. The van der Waals surface area contributed by atoms with Crippen LogP contribution in [0, 0.1) is 41.4 Å². The van der Waals surface area contributed by atoms with Gasteiger partial charge < -0.3 is 14.7 Å². The molecular formula is C34H40BrNO4. The van der Waals surface area contributed by atoms with Crippen molar-refractivity contribution < 1.29 is 19.4 Å². The Labute approximate surface area is 247 Å². The molecule has 2 fully saturated rings. The Morgan fingerprint density at radius 2 is 1.80 bits per heavy atom. The van der Waals surface area contributed by atoms with Crippen molar-refractivity contribution >= 4 is 33.3 Å². The second-order valence-corrected chi connectivity index (χ2v) is 12.0. The van der Waals surface area contributed by atoms with E-state index in [4.69, 9.17) is 4.74 Å². The highest BCUT2D eigenvalue weighted by atomic mass is 79.9. The monoisotopic (exact) mass is 605 g/mol. The number of amides is 1. The van der Waals surface area contributed by atoms with Crippen LogP contribution in [0.2, 0.25) is 0 Å². The van der Waals surface area contributed by atoms with E-state index in [9.17, 15) is 14.7 Å². The molecule has 6 atom stereocenters. The minimum atomic E-state index is -0.413. The van der Waals surface area contributed by atoms with Gasteiger partial charge in [0.15, 0.2) is 5.78 Å². The number of allylic oxidation sites excluding steroid dienone is 1. The van der Waals surface area contributed by atoms with Gasteiger partial charge in [-0.15, -0.1) is 11.8 Å². The summed E-state index contributed by atoms with van der Waals surface area (Å²) in [6.45, 7) is 4.75. The summed E-state index contributed by atoms with van der Waals surface area (Å²) in [4.78, 5) is 27.7. The number of carbonyl (C=O) groups excluding carboxylic acids is 2. The summed E-state index contributed by atoms with van der Waals surface area (Å²) in [7, 11) is 0. The minimum Gasteiger partial charge on any atom is -0.392 e.